The Balaban J connectivity index is 2.35. The lowest BCUT2D eigenvalue weighted by atomic mass is 10.1. The molecule has 15 heavy (non-hydrogen) atoms. The predicted molar refractivity (Wildman–Crippen MR) is 64.1 cm³/mol. The number of nitrogens with one attached hydrogen (secondary N) is 1. The summed E-state index contributed by atoms with van der Waals surface area (Å²) in [4.78, 5) is 8.68. The van der Waals surface area contributed by atoms with E-state index < -0.39 is 0 Å². The second kappa shape index (κ2) is 5.69. The van der Waals surface area contributed by atoms with Gasteiger partial charge in [0.2, 0.25) is 0 Å². The predicted octanol–water partition coefficient (Wildman–Crippen LogP) is 2.94. The van der Waals surface area contributed by atoms with E-state index in [1.54, 1.807) is 6.20 Å². The molecule has 1 aromatic heterocycles. The van der Waals surface area contributed by atoms with Crippen LogP contribution in [0, 0.1) is 19.8 Å². The smallest absolute Gasteiger partial charge is 0.144 e. The van der Waals surface area contributed by atoms with Gasteiger partial charge in [0, 0.05) is 6.54 Å². The van der Waals surface area contributed by atoms with Gasteiger partial charge in [-0.05, 0) is 32.6 Å². The van der Waals surface area contributed by atoms with E-state index in [-0.39, 0.29) is 0 Å². The molecule has 84 valence electrons. The van der Waals surface area contributed by atoms with Gasteiger partial charge >= 0.3 is 0 Å². The summed E-state index contributed by atoms with van der Waals surface area (Å²) in [7, 11) is 0. The van der Waals surface area contributed by atoms with Crippen LogP contribution in [-0.4, -0.2) is 16.5 Å². The quantitative estimate of drug-likeness (QED) is 0.754. The molecule has 0 radical (unpaired) electrons. The molecule has 0 bridgehead atoms. The summed E-state index contributed by atoms with van der Waals surface area (Å²) >= 11 is 0. The van der Waals surface area contributed by atoms with Gasteiger partial charge in [-0.2, -0.15) is 0 Å². The van der Waals surface area contributed by atoms with Crippen molar-refractivity contribution in [1.82, 2.24) is 9.97 Å². The second-order valence-corrected chi connectivity index (χ2v) is 4.39. The van der Waals surface area contributed by atoms with Gasteiger partial charge in [-0.1, -0.05) is 13.8 Å². The molecule has 1 rings (SSSR count). The molecule has 0 aliphatic heterocycles. The summed E-state index contributed by atoms with van der Waals surface area (Å²) in [6, 6.07) is 0. The third-order valence-electron chi connectivity index (χ3n) is 2.46. The minimum atomic E-state index is 0.776. The summed E-state index contributed by atoms with van der Waals surface area (Å²) in [6.07, 6.45) is 4.25. The number of aromatic nitrogens is 2. The van der Waals surface area contributed by atoms with Crippen LogP contribution in [-0.2, 0) is 0 Å². The van der Waals surface area contributed by atoms with Crippen molar-refractivity contribution in [2.75, 3.05) is 11.9 Å². The number of hydrogen-bond acceptors (Lipinski definition) is 3. The zero-order valence-electron chi connectivity index (χ0n) is 10.2. The van der Waals surface area contributed by atoms with Gasteiger partial charge in [0.15, 0.2) is 0 Å². The minimum Gasteiger partial charge on any atom is -0.369 e. The maximum absolute atomic E-state index is 4.42. The molecule has 0 atom stereocenters. The lowest BCUT2D eigenvalue weighted by Crippen LogP contribution is -2.06. The van der Waals surface area contributed by atoms with Crippen molar-refractivity contribution >= 4 is 5.82 Å². The number of aryl methyl sites for hydroxylation is 2. The van der Waals surface area contributed by atoms with Crippen LogP contribution in [0.5, 0.6) is 0 Å². The van der Waals surface area contributed by atoms with Crippen LogP contribution in [0.25, 0.3) is 0 Å². The fourth-order valence-electron chi connectivity index (χ4n) is 1.35. The fourth-order valence-corrected chi connectivity index (χ4v) is 1.35. The standard InChI is InChI=1S/C12H21N3/c1-9(2)6-5-7-13-12-8-14-10(3)11(4)15-12/h8-9H,5-7H2,1-4H3,(H,13,15). The first-order valence-electron chi connectivity index (χ1n) is 5.63. The van der Waals surface area contributed by atoms with Crippen LogP contribution >= 0.6 is 0 Å². The SMILES string of the molecule is Cc1ncc(NCCCC(C)C)nc1C. The van der Waals surface area contributed by atoms with Crippen molar-refractivity contribution in [2.24, 2.45) is 5.92 Å². The number of hydrogen-bond donors (Lipinski definition) is 1. The third kappa shape index (κ3) is 4.28. The van der Waals surface area contributed by atoms with Crippen LogP contribution in [0.4, 0.5) is 5.82 Å². The Morgan fingerprint density at radius 2 is 2.00 bits per heavy atom. The first kappa shape index (κ1) is 12.0. The molecule has 3 nitrogen and oxygen atoms in total. The van der Waals surface area contributed by atoms with Crippen molar-refractivity contribution in [3.8, 4) is 0 Å². The Bertz CT molecular complexity index is 308. The van der Waals surface area contributed by atoms with Crippen LogP contribution in [0.2, 0.25) is 0 Å². The number of nitrogens with zero attached hydrogens (tertiary/aromatic N) is 2. The molecule has 1 aromatic rings. The number of anilines is 1. The average molecular weight is 207 g/mol. The molecular formula is C12H21N3. The molecular weight excluding hydrogens is 186 g/mol. The lowest BCUT2D eigenvalue weighted by Gasteiger charge is -2.08. The van der Waals surface area contributed by atoms with E-state index in [4.69, 9.17) is 0 Å². The van der Waals surface area contributed by atoms with Crippen LogP contribution < -0.4 is 5.32 Å². The molecule has 1 N–H and O–H groups in total. The van der Waals surface area contributed by atoms with Gasteiger partial charge in [-0.15, -0.1) is 0 Å². The monoisotopic (exact) mass is 207 g/mol. The van der Waals surface area contributed by atoms with Gasteiger partial charge in [0.1, 0.15) is 5.82 Å². The van der Waals surface area contributed by atoms with Crippen LogP contribution in [0.1, 0.15) is 38.1 Å². The summed E-state index contributed by atoms with van der Waals surface area (Å²) in [6.45, 7) is 9.44. The van der Waals surface area contributed by atoms with Crippen molar-refractivity contribution < 1.29 is 0 Å². The zero-order chi connectivity index (χ0) is 11.3. The summed E-state index contributed by atoms with van der Waals surface area (Å²) in [5.41, 5.74) is 2.01. The highest BCUT2D eigenvalue weighted by atomic mass is 15.0. The largest absolute Gasteiger partial charge is 0.369 e. The van der Waals surface area contributed by atoms with Gasteiger partial charge in [-0.3, -0.25) is 4.98 Å². The summed E-state index contributed by atoms with van der Waals surface area (Å²) in [5, 5.41) is 3.29. The Morgan fingerprint density at radius 1 is 1.27 bits per heavy atom. The lowest BCUT2D eigenvalue weighted by molar-refractivity contribution is 0.566. The second-order valence-electron chi connectivity index (χ2n) is 4.39. The van der Waals surface area contributed by atoms with E-state index >= 15 is 0 Å². The molecule has 0 aliphatic rings. The van der Waals surface area contributed by atoms with Crippen molar-refractivity contribution in [1.29, 1.82) is 0 Å². The summed E-state index contributed by atoms with van der Waals surface area (Å²) in [5.74, 6) is 1.67. The van der Waals surface area contributed by atoms with Crippen LogP contribution in [0.3, 0.4) is 0 Å². The molecule has 0 amide bonds. The van der Waals surface area contributed by atoms with Gasteiger partial charge in [-0.25, -0.2) is 4.98 Å². The van der Waals surface area contributed by atoms with Gasteiger partial charge in [0.05, 0.1) is 17.6 Å². The minimum absolute atomic E-state index is 0.776. The molecule has 0 fully saturated rings. The highest BCUT2D eigenvalue weighted by Crippen LogP contribution is 2.07. The molecule has 0 aliphatic carbocycles. The highest BCUT2D eigenvalue weighted by molar-refractivity contribution is 5.32. The average Bonchev–Trinajstić information content (AvgIpc) is 2.18. The molecule has 0 aromatic carbocycles. The Labute approximate surface area is 92.3 Å². The molecule has 0 spiro atoms. The maximum Gasteiger partial charge on any atom is 0.144 e. The fraction of sp³-hybridized carbons (Fsp3) is 0.667. The van der Waals surface area contributed by atoms with Gasteiger partial charge in [0.25, 0.3) is 0 Å². The molecule has 1 heterocycles. The normalized spacial score (nSPS) is 10.7. The van der Waals surface area contributed by atoms with E-state index in [0.717, 1.165) is 29.7 Å². The molecule has 0 saturated carbocycles. The molecule has 3 heteroatoms. The zero-order valence-corrected chi connectivity index (χ0v) is 10.2. The first-order chi connectivity index (χ1) is 7.09. The van der Waals surface area contributed by atoms with Crippen molar-refractivity contribution in [3.05, 3.63) is 17.6 Å². The highest BCUT2D eigenvalue weighted by Gasteiger charge is 1.99. The van der Waals surface area contributed by atoms with Gasteiger partial charge < -0.3 is 5.32 Å². The molecule has 0 unspecified atom stereocenters. The van der Waals surface area contributed by atoms with E-state index in [1.807, 2.05) is 13.8 Å². The molecule has 0 saturated heterocycles. The topological polar surface area (TPSA) is 37.8 Å². The van der Waals surface area contributed by atoms with Crippen molar-refractivity contribution in [2.45, 2.75) is 40.5 Å². The van der Waals surface area contributed by atoms with Crippen molar-refractivity contribution in [3.63, 3.8) is 0 Å². The van der Waals surface area contributed by atoms with E-state index in [9.17, 15) is 0 Å². The first-order valence-corrected chi connectivity index (χ1v) is 5.63. The van der Waals surface area contributed by atoms with E-state index in [2.05, 4.69) is 29.1 Å². The Hall–Kier alpha value is -1.12. The van der Waals surface area contributed by atoms with Crippen LogP contribution in [0.15, 0.2) is 6.20 Å². The van der Waals surface area contributed by atoms with E-state index in [0.29, 0.717) is 0 Å². The third-order valence-corrected chi connectivity index (χ3v) is 2.46. The number of rotatable bonds is 5. The van der Waals surface area contributed by atoms with E-state index in [1.165, 1.54) is 12.8 Å². The maximum atomic E-state index is 4.42. The summed E-state index contributed by atoms with van der Waals surface area (Å²) < 4.78 is 0. The Morgan fingerprint density at radius 3 is 2.60 bits per heavy atom. The Kier molecular flexibility index (Phi) is 4.53.